The van der Waals surface area contributed by atoms with Crippen molar-refractivity contribution in [3.8, 4) is 0 Å². The maximum atomic E-state index is 13.9. The molecule has 0 atom stereocenters. The zero-order valence-electron chi connectivity index (χ0n) is 17.0. The van der Waals surface area contributed by atoms with Crippen molar-refractivity contribution in [3.05, 3.63) is 34.5 Å². The Hall–Kier alpha value is -1.75. The Morgan fingerprint density at radius 2 is 1.81 bits per heavy atom. The number of hydrogen-bond acceptors (Lipinski definition) is 3. The Bertz CT molecular complexity index is 820. The van der Waals surface area contributed by atoms with Gasteiger partial charge in [-0.15, -0.1) is 11.3 Å². The van der Waals surface area contributed by atoms with E-state index < -0.39 is 5.41 Å². The third kappa shape index (κ3) is 5.16. The molecule has 5 heteroatoms. The summed E-state index contributed by atoms with van der Waals surface area (Å²) in [6.45, 7) is 11.2. The molecule has 0 N–H and O–H groups in total. The molecule has 0 aliphatic heterocycles. The van der Waals surface area contributed by atoms with Gasteiger partial charge in [0.15, 0.2) is 5.78 Å². The molecule has 1 heterocycles. The van der Waals surface area contributed by atoms with Crippen molar-refractivity contribution in [1.29, 1.82) is 0 Å². The zero-order valence-corrected chi connectivity index (χ0v) is 17.8. The number of ketones is 1. The second-order valence-corrected chi connectivity index (χ2v) is 9.09. The largest absolute Gasteiger partial charge is 0.342 e. The van der Waals surface area contributed by atoms with E-state index in [0.717, 1.165) is 30.5 Å². The Balaban J connectivity index is 2.46. The van der Waals surface area contributed by atoms with Crippen LogP contribution in [0.1, 0.15) is 69.1 Å². The number of rotatable bonds is 8. The van der Waals surface area contributed by atoms with Crippen molar-refractivity contribution in [2.45, 2.75) is 60.3 Å². The lowest BCUT2D eigenvalue weighted by molar-refractivity contribution is -0.130. The summed E-state index contributed by atoms with van der Waals surface area (Å²) in [4.78, 5) is 28.4. The fourth-order valence-electron chi connectivity index (χ4n) is 3.06. The maximum Gasteiger partial charge on any atom is 0.227 e. The van der Waals surface area contributed by atoms with E-state index >= 15 is 0 Å². The molecule has 3 nitrogen and oxygen atoms in total. The third-order valence-corrected chi connectivity index (χ3v) is 5.81. The van der Waals surface area contributed by atoms with Gasteiger partial charge in [0.1, 0.15) is 5.82 Å². The smallest absolute Gasteiger partial charge is 0.227 e. The van der Waals surface area contributed by atoms with Crippen LogP contribution >= 0.6 is 11.3 Å². The van der Waals surface area contributed by atoms with Gasteiger partial charge in [-0.25, -0.2) is 4.39 Å². The van der Waals surface area contributed by atoms with E-state index in [0.29, 0.717) is 22.4 Å². The topological polar surface area (TPSA) is 37.4 Å². The van der Waals surface area contributed by atoms with E-state index in [-0.39, 0.29) is 23.9 Å². The van der Waals surface area contributed by atoms with Crippen LogP contribution < -0.4 is 0 Å². The maximum absolute atomic E-state index is 13.9. The van der Waals surface area contributed by atoms with Gasteiger partial charge in [-0.1, -0.05) is 41.0 Å². The first-order valence-corrected chi connectivity index (χ1v) is 10.5. The van der Waals surface area contributed by atoms with E-state index in [1.165, 1.54) is 23.5 Å². The van der Waals surface area contributed by atoms with Crippen LogP contribution in [-0.2, 0) is 11.2 Å². The lowest BCUT2D eigenvalue weighted by Crippen LogP contribution is -2.34. The molecule has 0 radical (unpaired) electrons. The van der Waals surface area contributed by atoms with Crippen LogP contribution in [0.3, 0.4) is 0 Å². The fourth-order valence-corrected chi connectivity index (χ4v) is 4.42. The highest BCUT2D eigenvalue weighted by molar-refractivity contribution is 7.21. The summed E-state index contributed by atoms with van der Waals surface area (Å²) in [7, 11) is 0. The minimum Gasteiger partial charge on any atom is -0.342 e. The number of fused-ring (bicyclic) bond motifs is 1. The molecule has 0 fully saturated rings. The van der Waals surface area contributed by atoms with Crippen LogP contribution in [-0.4, -0.2) is 29.7 Å². The van der Waals surface area contributed by atoms with E-state index in [1.54, 1.807) is 6.07 Å². The molecule has 2 aromatic rings. The highest BCUT2D eigenvalue weighted by Crippen LogP contribution is 2.36. The summed E-state index contributed by atoms with van der Waals surface area (Å²) in [5.74, 6) is -0.333. The molecule has 2 rings (SSSR count). The van der Waals surface area contributed by atoms with Gasteiger partial charge in [0.2, 0.25) is 5.91 Å². The van der Waals surface area contributed by atoms with Gasteiger partial charge in [0, 0.05) is 23.2 Å². The van der Waals surface area contributed by atoms with Gasteiger partial charge in [-0.05, 0) is 42.0 Å². The van der Waals surface area contributed by atoms with E-state index in [1.807, 2.05) is 25.7 Å². The summed E-state index contributed by atoms with van der Waals surface area (Å²) in [5.41, 5.74) is 0.125. The number of carbonyl (C=O) groups is 2. The number of carbonyl (C=O) groups excluding carboxylic acids is 2. The number of hydrogen-bond donors (Lipinski definition) is 0. The molecule has 0 aliphatic carbocycles. The molecular formula is C22H30FNO2S. The minimum absolute atomic E-state index is 0.00232. The summed E-state index contributed by atoms with van der Waals surface area (Å²) in [6.07, 6.45) is 3.01. The molecule has 148 valence electrons. The number of thiophene rings is 1. The van der Waals surface area contributed by atoms with E-state index in [9.17, 15) is 14.0 Å². The van der Waals surface area contributed by atoms with Crippen LogP contribution in [0, 0.1) is 11.2 Å². The Labute approximate surface area is 165 Å². The number of benzene rings is 1. The van der Waals surface area contributed by atoms with Crippen LogP contribution in [0.15, 0.2) is 18.2 Å². The zero-order chi connectivity index (χ0) is 20.2. The van der Waals surface area contributed by atoms with E-state index in [2.05, 4.69) is 13.8 Å². The number of Topliss-reactive ketones (excluding diaryl/α,β-unsaturated/α-hetero) is 1. The highest BCUT2D eigenvalue weighted by Gasteiger charge is 2.29. The molecule has 27 heavy (non-hydrogen) atoms. The van der Waals surface area contributed by atoms with Crippen molar-refractivity contribution in [1.82, 2.24) is 4.90 Å². The fraction of sp³-hybridized carbons (Fsp3) is 0.545. The van der Waals surface area contributed by atoms with Gasteiger partial charge in [0.05, 0.1) is 11.3 Å². The first-order valence-electron chi connectivity index (χ1n) is 9.72. The predicted octanol–water partition coefficient (Wildman–Crippen LogP) is 5.85. The Morgan fingerprint density at radius 1 is 1.11 bits per heavy atom. The molecule has 0 spiro atoms. The summed E-state index contributed by atoms with van der Waals surface area (Å²) in [5, 5.41) is 0.688. The standard InChI is InChI=1S/C22H30FNO2S/c1-6-8-12-24(11-7-2)19(25)14-17-16-13-15(23)9-10-18(16)27-20(17)21(26)22(3,4)5/h9-10,13H,6-8,11-12,14H2,1-5H3. The first kappa shape index (κ1) is 21.5. The van der Waals surface area contributed by atoms with Crippen LogP contribution in [0.2, 0.25) is 0 Å². The molecule has 1 amide bonds. The summed E-state index contributed by atoms with van der Waals surface area (Å²) in [6, 6.07) is 4.55. The monoisotopic (exact) mass is 391 g/mol. The molecule has 0 saturated heterocycles. The van der Waals surface area contributed by atoms with Gasteiger partial charge in [-0.3, -0.25) is 9.59 Å². The predicted molar refractivity (Wildman–Crippen MR) is 111 cm³/mol. The average Bonchev–Trinajstić information content (AvgIpc) is 2.94. The van der Waals surface area contributed by atoms with Crippen molar-refractivity contribution in [3.63, 3.8) is 0 Å². The second-order valence-electron chi connectivity index (χ2n) is 8.04. The molecule has 1 aromatic carbocycles. The van der Waals surface area contributed by atoms with E-state index in [4.69, 9.17) is 0 Å². The molecule has 0 unspecified atom stereocenters. The number of amides is 1. The normalized spacial score (nSPS) is 11.8. The van der Waals surface area contributed by atoms with Crippen LogP contribution in [0.4, 0.5) is 4.39 Å². The lowest BCUT2D eigenvalue weighted by Gasteiger charge is -2.23. The molecule has 1 aromatic heterocycles. The van der Waals surface area contributed by atoms with Crippen LogP contribution in [0.5, 0.6) is 0 Å². The van der Waals surface area contributed by atoms with Crippen molar-refractivity contribution in [2.24, 2.45) is 5.41 Å². The van der Waals surface area contributed by atoms with Gasteiger partial charge in [-0.2, -0.15) is 0 Å². The van der Waals surface area contributed by atoms with Crippen molar-refractivity contribution >= 4 is 33.1 Å². The SMILES string of the molecule is CCCCN(CCC)C(=O)Cc1c(C(=O)C(C)(C)C)sc2ccc(F)cc12. The summed E-state index contributed by atoms with van der Waals surface area (Å²) >= 11 is 1.37. The van der Waals surface area contributed by atoms with Gasteiger partial charge in [0.25, 0.3) is 0 Å². The summed E-state index contributed by atoms with van der Waals surface area (Å²) < 4.78 is 14.7. The second kappa shape index (κ2) is 8.96. The van der Waals surface area contributed by atoms with Gasteiger partial charge < -0.3 is 4.90 Å². The molecule has 0 bridgehead atoms. The lowest BCUT2D eigenvalue weighted by atomic mass is 9.88. The first-order chi connectivity index (χ1) is 12.7. The number of halogens is 1. The van der Waals surface area contributed by atoms with Crippen LogP contribution in [0.25, 0.3) is 10.1 Å². The number of nitrogens with zero attached hydrogens (tertiary/aromatic N) is 1. The average molecular weight is 392 g/mol. The minimum atomic E-state index is -0.553. The Kier molecular flexibility index (Phi) is 7.15. The highest BCUT2D eigenvalue weighted by atomic mass is 32.1. The molecular weight excluding hydrogens is 361 g/mol. The molecule has 0 aliphatic rings. The number of unbranched alkanes of at least 4 members (excludes halogenated alkanes) is 1. The third-order valence-electron chi connectivity index (χ3n) is 4.60. The van der Waals surface area contributed by atoms with Gasteiger partial charge >= 0.3 is 0 Å². The Morgan fingerprint density at radius 3 is 2.41 bits per heavy atom. The quantitative estimate of drug-likeness (QED) is 0.529. The molecule has 0 saturated carbocycles. The van der Waals surface area contributed by atoms with Crippen molar-refractivity contribution in [2.75, 3.05) is 13.1 Å². The van der Waals surface area contributed by atoms with Crippen molar-refractivity contribution < 1.29 is 14.0 Å².